The number of hydrogen-bond donors (Lipinski definition) is 2. The van der Waals surface area contributed by atoms with Crippen LogP contribution in [0.1, 0.15) is 42.6 Å². The van der Waals surface area contributed by atoms with Crippen LogP contribution in [0, 0.1) is 5.82 Å². The van der Waals surface area contributed by atoms with E-state index in [4.69, 9.17) is 0 Å². The van der Waals surface area contributed by atoms with Gasteiger partial charge in [-0.1, -0.05) is 31.4 Å². The summed E-state index contributed by atoms with van der Waals surface area (Å²) in [5.41, 5.74) is 0.557. The fourth-order valence-corrected chi connectivity index (χ4v) is 2.73. The van der Waals surface area contributed by atoms with Crippen LogP contribution in [0.4, 0.5) is 16.0 Å². The molecule has 0 aliphatic heterocycles. The Kier molecular flexibility index (Phi) is 4.80. The Balaban J connectivity index is 1.69. The van der Waals surface area contributed by atoms with Gasteiger partial charge in [-0.2, -0.15) is 0 Å². The first kappa shape index (κ1) is 15.4. The molecule has 5 nitrogen and oxygen atoms in total. The zero-order valence-electron chi connectivity index (χ0n) is 12.8. The van der Waals surface area contributed by atoms with Gasteiger partial charge in [0.05, 0.1) is 5.69 Å². The molecule has 6 heteroatoms. The Morgan fingerprint density at radius 3 is 2.70 bits per heavy atom. The molecule has 1 amide bonds. The number of rotatable bonds is 4. The summed E-state index contributed by atoms with van der Waals surface area (Å²) in [4.78, 5) is 20.5. The molecule has 1 aromatic carbocycles. The second-order valence-corrected chi connectivity index (χ2v) is 5.68. The monoisotopic (exact) mass is 314 g/mol. The van der Waals surface area contributed by atoms with Crippen molar-refractivity contribution >= 4 is 17.5 Å². The van der Waals surface area contributed by atoms with Crippen molar-refractivity contribution in [2.45, 2.75) is 38.1 Å². The van der Waals surface area contributed by atoms with E-state index in [2.05, 4.69) is 20.6 Å². The lowest BCUT2D eigenvalue weighted by atomic mass is 9.95. The third-order valence-corrected chi connectivity index (χ3v) is 3.95. The van der Waals surface area contributed by atoms with Crippen molar-refractivity contribution < 1.29 is 9.18 Å². The minimum Gasteiger partial charge on any atom is -0.348 e. The van der Waals surface area contributed by atoms with Crippen LogP contribution in [0.15, 0.2) is 36.5 Å². The Morgan fingerprint density at radius 2 is 1.91 bits per heavy atom. The SMILES string of the molecule is O=C(NC1CCCCC1)c1ccnc(Nc2ccccc2F)n1. The third-order valence-electron chi connectivity index (χ3n) is 3.95. The molecule has 2 aromatic rings. The number of para-hydroxylation sites is 1. The highest BCUT2D eigenvalue weighted by Crippen LogP contribution is 2.19. The second kappa shape index (κ2) is 7.17. The van der Waals surface area contributed by atoms with Crippen LogP contribution in [0.3, 0.4) is 0 Å². The van der Waals surface area contributed by atoms with E-state index in [1.54, 1.807) is 24.3 Å². The van der Waals surface area contributed by atoms with E-state index >= 15 is 0 Å². The van der Waals surface area contributed by atoms with Crippen LogP contribution >= 0.6 is 0 Å². The van der Waals surface area contributed by atoms with Gasteiger partial charge in [-0.05, 0) is 31.0 Å². The van der Waals surface area contributed by atoms with E-state index < -0.39 is 5.82 Å². The highest BCUT2D eigenvalue weighted by atomic mass is 19.1. The van der Waals surface area contributed by atoms with Crippen LogP contribution in [0.25, 0.3) is 0 Å². The standard InChI is InChI=1S/C17H19FN4O/c18-13-8-4-5-9-14(13)21-17-19-11-10-15(22-17)16(23)20-12-6-2-1-3-7-12/h4-5,8-12H,1-3,6-7H2,(H,20,23)(H,19,21,22). The molecule has 1 aliphatic rings. The summed E-state index contributed by atoms with van der Waals surface area (Å²) in [5.74, 6) is -0.407. The molecule has 0 bridgehead atoms. The quantitative estimate of drug-likeness (QED) is 0.907. The molecule has 1 fully saturated rings. The topological polar surface area (TPSA) is 66.9 Å². The van der Waals surface area contributed by atoms with Gasteiger partial charge in [-0.3, -0.25) is 4.79 Å². The zero-order valence-corrected chi connectivity index (χ0v) is 12.8. The smallest absolute Gasteiger partial charge is 0.270 e. The Morgan fingerprint density at radius 1 is 1.13 bits per heavy atom. The maximum atomic E-state index is 13.6. The first-order valence-corrected chi connectivity index (χ1v) is 7.88. The van der Waals surface area contributed by atoms with Crippen LogP contribution in [0.5, 0.6) is 0 Å². The van der Waals surface area contributed by atoms with E-state index in [1.807, 2.05) is 0 Å². The van der Waals surface area contributed by atoms with Gasteiger partial charge in [0.2, 0.25) is 5.95 Å². The van der Waals surface area contributed by atoms with Crippen LogP contribution in [0.2, 0.25) is 0 Å². The molecule has 1 aromatic heterocycles. The number of halogens is 1. The van der Waals surface area contributed by atoms with Crippen LogP contribution < -0.4 is 10.6 Å². The molecular formula is C17H19FN4O. The normalized spacial score (nSPS) is 15.2. The zero-order chi connectivity index (χ0) is 16.1. The third kappa shape index (κ3) is 4.03. The fourth-order valence-electron chi connectivity index (χ4n) is 2.73. The molecule has 1 heterocycles. The van der Waals surface area contributed by atoms with Gasteiger partial charge in [0, 0.05) is 12.2 Å². The molecule has 0 radical (unpaired) electrons. The van der Waals surface area contributed by atoms with Gasteiger partial charge >= 0.3 is 0 Å². The van der Waals surface area contributed by atoms with Crippen molar-refractivity contribution in [3.8, 4) is 0 Å². The summed E-state index contributed by atoms with van der Waals surface area (Å²) in [6.07, 6.45) is 7.04. The number of nitrogens with one attached hydrogen (secondary N) is 2. The largest absolute Gasteiger partial charge is 0.348 e. The number of nitrogens with zero attached hydrogens (tertiary/aromatic N) is 2. The summed E-state index contributed by atoms with van der Waals surface area (Å²) >= 11 is 0. The van der Waals surface area contributed by atoms with Crippen molar-refractivity contribution in [1.82, 2.24) is 15.3 Å². The van der Waals surface area contributed by atoms with Gasteiger partial charge in [0.1, 0.15) is 11.5 Å². The molecule has 23 heavy (non-hydrogen) atoms. The first-order valence-electron chi connectivity index (χ1n) is 7.88. The minimum absolute atomic E-state index is 0.200. The molecule has 3 rings (SSSR count). The van der Waals surface area contributed by atoms with E-state index in [0.29, 0.717) is 0 Å². The molecular weight excluding hydrogens is 295 g/mol. The number of amides is 1. The number of carbonyl (C=O) groups is 1. The van der Waals surface area contributed by atoms with Gasteiger partial charge < -0.3 is 10.6 Å². The van der Waals surface area contributed by atoms with Crippen molar-refractivity contribution in [2.75, 3.05) is 5.32 Å². The van der Waals surface area contributed by atoms with Crippen molar-refractivity contribution in [3.05, 3.63) is 48.0 Å². The van der Waals surface area contributed by atoms with E-state index in [9.17, 15) is 9.18 Å². The van der Waals surface area contributed by atoms with Gasteiger partial charge in [-0.15, -0.1) is 0 Å². The minimum atomic E-state index is -0.395. The summed E-state index contributed by atoms with van der Waals surface area (Å²) in [6, 6.07) is 8.04. The Hall–Kier alpha value is -2.50. The Labute approximate surface area is 134 Å². The Bertz CT molecular complexity index is 686. The van der Waals surface area contributed by atoms with Gasteiger partial charge in [0.15, 0.2) is 0 Å². The number of aromatic nitrogens is 2. The van der Waals surface area contributed by atoms with E-state index in [0.717, 1.165) is 25.7 Å². The number of anilines is 2. The van der Waals surface area contributed by atoms with Gasteiger partial charge in [0.25, 0.3) is 5.91 Å². The summed E-state index contributed by atoms with van der Waals surface area (Å²) in [7, 11) is 0. The lowest BCUT2D eigenvalue weighted by Gasteiger charge is -2.22. The molecule has 1 aliphatic carbocycles. The maximum Gasteiger partial charge on any atom is 0.270 e. The molecule has 0 unspecified atom stereocenters. The van der Waals surface area contributed by atoms with Crippen LogP contribution in [-0.4, -0.2) is 21.9 Å². The van der Waals surface area contributed by atoms with Crippen molar-refractivity contribution in [3.63, 3.8) is 0 Å². The number of hydrogen-bond acceptors (Lipinski definition) is 4. The maximum absolute atomic E-state index is 13.6. The highest BCUT2D eigenvalue weighted by Gasteiger charge is 2.17. The molecule has 0 spiro atoms. The fraction of sp³-hybridized carbons (Fsp3) is 0.353. The van der Waals surface area contributed by atoms with Gasteiger partial charge in [-0.25, -0.2) is 14.4 Å². The predicted molar refractivity (Wildman–Crippen MR) is 86.1 cm³/mol. The number of carbonyl (C=O) groups excluding carboxylic acids is 1. The van der Waals surface area contributed by atoms with Crippen molar-refractivity contribution in [1.29, 1.82) is 0 Å². The summed E-state index contributed by atoms with van der Waals surface area (Å²) in [5, 5.41) is 5.80. The molecule has 2 N–H and O–H groups in total. The average molecular weight is 314 g/mol. The lowest BCUT2D eigenvalue weighted by molar-refractivity contribution is 0.0922. The van der Waals surface area contributed by atoms with E-state index in [-0.39, 0.29) is 29.3 Å². The molecule has 0 atom stereocenters. The average Bonchev–Trinajstić information content (AvgIpc) is 2.58. The van der Waals surface area contributed by atoms with Crippen molar-refractivity contribution in [2.24, 2.45) is 0 Å². The molecule has 1 saturated carbocycles. The second-order valence-electron chi connectivity index (χ2n) is 5.68. The number of benzene rings is 1. The molecule has 120 valence electrons. The summed E-state index contributed by atoms with van der Waals surface area (Å²) < 4.78 is 13.6. The van der Waals surface area contributed by atoms with E-state index in [1.165, 1.54) is 18.7 Å². The molecule has 0 saturated heterocycles. The highest BCUT2D eigenvalue weighted by molar-refractivity contribution is 5.92. The van der Waals surface area contributed by atoms with Crippen LogP contribution in [-0.2, 0) is 0 Å². The lowest BCUT2D eigenvalue weighted by Crippen LogP contribution is -2.36. The summed E-state index contributed by atoms with van der Waals surface area (Å²) in [6.45, 7) is 0. The first-order chi connectivity index (χ1) is 11.2. The predicted octanol–water partition coefficient (Wildman–Crippen LogP) is 3.42.